The number of anilines is 1. The highest BCUT2D eigenvalue weighted by Gasteiger charge is 2.19. The minimum Gasteiger partial charge on any atom is -0.324 e. The van der Waals surface area contributed by atoms with Crippen LogP contribution < -0.4 is 5.32 Å². The Morgan fingerprint density at radius 1 is 0.966 bits per heavy atom. The van der Waals surface area contributed by atoms with Crippen molar-refractivity contribution in [1.29, 1.82) is 5.26 Å². The Morgan fingerprint density at radius 2 is 1.76 bits per heavy atom. The molecule has 0 fully saturated rings. The molecular formula is C24H14ClN3O. The number of carbonyl (C=O) groups is 1. The molecule has 0 spiro atoms. The van der Waals surface area contributed by atoms with Crippen LogP contribution in [0.15, 0.2) is 71.7 Å². The number of rotatable bonds is 1. The fourth-order valence-corrected chi connectivity index (χ4v) is 3.18. The normalized spacial score (nSPS) is 12.4. The van der Waals surface area contributed by atoms with Gasteiger partial charge in [0.25, 0.3) is 0 Å². The van der Waals surface area contributed by atoms with E-state index in [2.05, 4.69) is 28.2 Å². The smallest absolute Gasteiger partial charge is 0.230 e. The first-order chi connectivity index (χ1) is 14.1. The molecular weight excluding hydrogens is 382 g/mol. The molecule has 4 rings (SSSR count). The van der Waals surface area contributed by atoms with E-state index in [1.807, 2.05) is 36.4 Å². The summed E-state index contributed by atoms with van der Waals surface area (Å²) in [5.41, 5.74) is 4.43. The lowest BCUT2D eigenvalue weighted by Gasteiger charge is -2.06. The highest BCUT2D eigenvalue weighted by molar-refractivity contribution is 6.32. The number of halogens is 1. The van der Waals surface area contributed by atoms with Gasteiger partial charge < -0.3 is 5.32 Å². The summed E-state index contributed by atoms with van der Waals surface area (Å²) in [6.45, 7) is 0. The number of hydrogen-bond donors (Lipinski definition) is 1. The van der Waals surface area contributed by atoms with Crippen molar-refractivity contribution < 1.29 is 4.79 Å². The SMILES string of the molecule is N#Cc1cccc(C2=Nc3cc(Cl)c(C#Cc4ccccc4)cc3NC(=O)C2)c1. The fraction of sp³-hybridized carbons (Fsp3) is 0.0417. The molecule has 0 unspecified atom stereocenters. The third-order valence-corrected chi connectivity index (χ3v) is 4.70. The molecule has 0 saturated heterocycles. The van der Waals surface area contributed by atoms with E-state index in [1.165, 1.54) is 0 Å². The Balaban J connectivity index is 1.75. The van der Waals surface area contributed by atoms with Crippen LogP contribution in [0.3, 0.4) is 0 Å². The van der Waals surface area contributed by atoms with Gasteiger partial charge in [0.1, 0.15) is 0 Å². The van der Waals surface area contributed by atoms with Crippen molar-refractivity contribution in [3.63, 3.8) is 0 Å². The molecule has 0 radical (unpaired) electrons. The summed E-state index contributed by atoms with van der Waals surface area (Å²) in [4.78, 5) is 17.1. The second-order valence-electron chi connectivity index (χ2n) is 6.44. The van der Waals surface area contributed by atoms with E-state index in [4.69, 9.17) is 16.9 Å². The van der Waals surface area contributed by atoms with Crippen LogP contribution in [0.1, 0.15) is 28.7 Å². The van der Waals surface area contributed by atoms with Crippen LogP contribution in [0.25, 0.3) is 0 Å². The maximum Gasteiger partial charge on any atom is 0.230 e. The minimum absolute atomic E-state index is 0.103. The van der Waals surface area contributed by atoms with Crippen molar-refractivity contribution in [2.45, 2.75) is 6.42 Å². The first-order valence-corrected chi connectivity index (χ1v) is 9.29. The number of nitrogens with one attached hydrogen (secondary N) is 1. The van der Waals surface area contributed by atoms with Gasteiger partial charge in [-0.25, -0.2) is 0 Å². The van der Waals surface area contributed by atoms with Crippen molar-refractivity contribution in [2.24, 2.45) is 4.99 Å². The van der Waals surface area contributed by atoms with Crippen LogP contribution in [0.4, 0.5) is 11.4 Å². The molecule has 1 heterocycles. The summed E-state index contributed by atoms with van der Waals surface area (Å²) in [5.74, 6) is 5.94. The largest absolute Gasteiger partial charge is 0.324 e. The molecule has 1 N–H and O–H groups in total. The van der Waals surface area contributed by atoms with Crippen LogP contribution in [0.2, 0.25) is 5.02 Å². The van der Waals surface area contributed by atoms with E-state index in [9.17, 15) is 4.79 Å². The van der Waals surface area contributed by atoms with Gasteiger partial charge in [0.15, 0.2) is 0 Å². The monoisotopic (exact) mass is 395 g/mol. The van der Waals surface area contributed by atoms with E-state index in [0.29, 0.717) is 33.2 Å². The van der Waals surface area contributed by atoms with E-state index < -0.39 is 0 Å². The van der Waals surface area contributed by atoms with Gasteiger partial charge in [0.2, 0.25) is 5.91 Å². The van der Waals surface area contributed by atoms with Gasteiger partial charge in [-0.1, -0.05) is 53.8 Å². The molecule has 5 heteroatoms. The predicted molar refractivity (Wildman–Crippen MR) is 114 cm³/mol. The van der Waals surface area contributed by atoms with E-state index in [-0.39, 0.29) is 12.3 Å². The third-order valence-electron chi connectivity index (χ3n) is 4.38. The molecule has 138 valence electrons. The van der Waals surface area contributed by atoms with Crippen molar-refractivity contribution in [1.82, 2.24) is 0 Å². The highest BCUT2D eigenvalue weighted by Crippen LogP contribution is 2.34. The number of nitrogens with zero attached hydrogens (tertiary/aromatic N) is 2. The van der Waals surface area contributed by atoms with Crippen molar-refractivity contribution in [3.05, 3.63) is 94.0 Å². The molecule has 0 bridgehead atoms. The summed E-state index contributed by atoms with van der Waals surface area (Å²) < 4.78 is 0. The number of benzene rings is 3. The summed E-state index contributed by atoms with van der Waals surface area (Å²) in [5, 5.41) is 12.5. The number of carbonyl (C=O) groups excluding carboxylic acids is 1. The predicted octanol–water partition coefficient (Wildman–Crippen LogP) is 5.07. The maximum absolute atomic E-state index is 12.4. The Hall–Kier alpha value is -3.86. The van der Waals surface area contributed by atoms with Crippen molar-refractivity contribution >= 4 is 34.6 Å². The molecule has 3 aromatic carbocycles. The standard InChI is InChI=1S/C24H14ClN3O/c25-20-13-23-22(12-18(20)10-9-16-5-2-1-3-6-16)28-24(29)14-21(27-23)19-8-4-7-17(11-19)15-26/h1-8,11-13H,14H2,(H,28,29). The lowest BCUT2D eigenvalue weighted by Crippen LogP contribution is -2.15. The molecule has 29 heavy (non-hydrogen) atoms. The van der Waals surface area contributed by atoms with Gasteiger partial charge in [-0.15, -0.1) is 0 Å². The van der Waals surface area contributed by atoms with Gasteiger partial charge in [-0.3, -0.25) is 9.79 Å². The number of hydrogen-bond acceptors (Lipinski definition) is 3. The second-order valence-corrected chi connectivity index (χ2v) is 6.85. The average Bonchev–Trinajstić information content (AvgIpc) is 2.90. The van der Waals surface area contributed by atoms with Gasteiger partial charge in [-0.2, -0.15) is 5.26 Å². The molecule has 0 atom stereocenters. The first-order valence-electron chi connectivity index (χ1n) is 8.91. The summed E-state index contributed by atoms with van der Waals surface area (Å²) in [6.07, 6.45) is 0.103. The first kappa shape index (κ1) is 18.5. The van der Waals surface area contributed by atoms with Gasteiger partial charge >= 0.3 is 0 Å². The Labute approximate surface area is 173 Å². The Bertz CT molecular complexity index is 1240. The Kier molecular flexibility index (Phi) is 5.12. The quantitative estimate of drug-likeness (QED) is 0.584. The lowest BCUT2D eigenvalue weighted by atomic mass is 10.0. The van der Waals surface area contributed by atoms with E-state index in [0.717, 1.165) is 11.1 Å². The number of nitriles is 1. The molecule has 3 aromatic rings. The minimum atomic E-state index is -0.186. The molecule has 1 aliphatic heterocycles. The van der Waals surface area contributed by atoms with Crippen LogP contribution in [-0.4, -0.2) is 11.6 Å². The van der Waals surface area contributed by atoms with Crippen molar-refractivity contribution in [3.8, 4) is 17.9 Å². The lowest BCUT2D eigenvalue weighted by molar-refractivity contribution is -0.115. The van der Waals surface area contributed by atoms with Crippen LogP contribution >= 0.6 is 11.6 Å². The molecule has 0 aromatic heterocycles. The van der Waals surface area contributed by atoms with Gasteiger partial charge in [0, 0.05) is 11.1 Å². The van der Waals surface area contributed by atoms with E-state index >= 15 is 0 Å². The third kappa shape index (κ3) is 4.19. The molecule has 1 amide bonds. The summed E-state index contributed by atoms with van der Waals surface area (Å²) in [7, 11) is 0. The van der Waals surface area contributed by atoms with E-state index in [1.54, 1.807) is 30.3 Å². The molecule has 0 saturated carbocycles. The van der Waals surface area contributed by atoms with Crippen LogP contribution in [-0.2, 0) is 4.79 Å². The summed E-state index contributed by atoms with van der Waals surface area (Å²) in [6, 6.07) is 22.2. The zero-order valence-corrected chi connectivity index (χ0v) is 16.0. The molecule has 0 aliphatic carbocycles. The molecule has 1 aliphatic rings. The zero-order chi connectivity index (χ0) is 20.2. The number of aliphatic imine (C=N–C) groups is 1. The van der Waals surface area contributed by atoms with Crippen LogP contribution in [0.5, 0.6) is 0 Å². The zero-order valence-electron chi connectivity index (χ0n) is 15.2. The maximum atomic E-state index is 12.4. The Morgan fingerprint density at radius 3 is 2.55 bits per heavy atom. The molecule has 4 nitrogen and oxygen atoms in total. The fourth-order valence-electron chi connectivity index (χ4n) is 2.98. The highest BCUT2D eigenvalue weighted by atomic mass is 35.5. The average molecular weight is 396 g/mol. The summed E-state index contributed by atoms with van der Waals surface area (Å²) >= 11 is 6.43. The van der Waals surface area contributed by atoms with Crippen LogP contribution in [0, 0.1) is 23.2 Å². The number of amides is 1. The van der Waals surface area contributed by atoms with Gasteiger partial charge in [-0.05, 0) is 42.0 Å². The second kappa shape index (κ2) is 8.02. The van der Waals surface area contributed by atoms with Crippen molar-refractivity contribution in [2.75, 3.05) is 5.32 Å². The van der Waals surface area contributed by atoms with Gasteiger partial charge in [0.05, 0.1) is 40.2 Å². The number of fused-ring (bicyclic) bond motifs is 1. The topological polar surface area (TPSA) is 65.2 Å².